The Morgan fingerprint density at radius 2 is 1.33 bits per heavy atom. The molecule has 2 aliphatic rings. The number of hydrogen-bond donors (Lipinski definition) is 7. The van der Waals surface area contributed by atoms with Gasteiger partial charge in [0.1, 0.15) is 48.5 Å². The molecule has 11 heteroatoms. The van der Waals surface area contributed by atoms with Gasteiger partial charge in [-0.15, -0.1) is 0 Å². The molecule has 0 aromatic heterocycles. The largest absolute Gasteiger partial charge is 0.462 e. The van der Waals surface area contributed by atoms with E-state index >= 15 is 0 Å². The lowest BCUT2D eigenvalue weighted by Gasteiger charge is -2.40. The van der Waals surface area contributed by atoms with Crippen LogP contribution in [0.2, 0.25) is 0 Å². The maximum absolute atomic E-state index is 10.2. The van der Waals surface area contributed by atoms with Crippen molar-refractivity contribution < 1.29 is 54.7 Å². The van der Waals surface area contributed by atoms with E-state index < -0.39 is 61.9 Å². The Balaban J connectivity index is 1.60. The van der Waals surface area contributed by atoms with E-state index in [1.165, 1.54) is 0 Å². The number of aliphatic hydroxyl groups is 7. The van der Waals surface area contributed by atoms with E-state index in [0.717, 1.165) is 5.56 Å². The summed E-state index contributed by atoms with van der Waals surface area (Å²) < 4.78 is 21.7. The fourth-order valence-electron chi connectivity index (χ4n) is 3.34. The summed E-state index contributed by atoms with van der Waals surface area (Å²) in [5.74, 6) is 0.340. The molecule has 0 amide bonds. The zero-order valence-corrected chi connectivity index (χ0v) is 16.1. The first kappa shape index (κ1) is 23.3. The maximum atomic E-state index is 10.2. The lowest BCUT2D eigenvalue weighted by molar-refractivity contribution is -0.290. The van der Waals surface area contributed by atoms with Crippen LogP contribution in [0.1, 0.15) is 5.56 Å². The zero-order valence-electron chi connectivity index (χ0n) is 16.1. The van der Waals surface area contributed by atoms with Crippen LogP contribution in [0.4, 0.5) is 0 Å². The van der Waals surface area contributed by atoms with E-state index in [1.807, 2.05) is 0 Å². The molecular formula is C19H28O11. The second kappa shape index (κ2) is 10.3. The molecular weight excluding hydrogens is 404 g/mol. The minimum Gasteiger partial charge on any atom is -0.462 e. The maximum Gasteiger partial charge on any atom is 0.229 e. The molecule has 2 aliphatic heterocycles. The summed E-state index contributed by atoms with van der Waals surface area (Å²) in [5, 5.41) is 68.3. The SMILES string of the molecule is OCCc1ccc(O[C@@H]2O[C@H](CO[C@@H]3O[C@H](CO)[C@H](O)[C@H]3O)[C@@H](O)[C@H](O)[C@H]2O)cc1. The van der Waals surface area contributed by atoms with Gasteiger partial charge in [0.2, 0.25) is 6.29 Å². The van der Waals surface area contributed by atoms with Gasteiger partial charge in [0.25, 0.3) is 0 Å². The smallest absolute Gasteiger partial charge is 0.229 e. The summed E-state index contributed by atoms with van der Waals surface area (Å²) in [6.07, 6.45) is -11.6. The molecule has 11 nitrogen and oxygen atoms in total. The molecule has 2 heterocycles. The highest BCUT2D eigenvalue weighted by atomic mass is 16.7. The summed E-state index contributed by atoms with van der Waals surface area (Å²) >= 11 is 0. The highest BCUT2D eigenvalue weighted by Gasteiger charge is 2.47. The average molecular weight is 432 g/mol. The van der Waals surface area contributed by atoms with Crippen molar-refractivity contribution in [2.75, 3.05) is 19.8 Å². The Morgan fingerprint density at radius 3 is 1.93 bits per heavy atom. The summed E-state index contributed by atoms with van der Waals surface area (Å²) in [6.45, 7) is -0.864. The van der Waals surface area contributed by atoms with Crippen molar-refractivity contribution in [2.45, 2.75) is 61.7 Å². The minimum absolute atomic E-state index is 0.00585. The van der Waals surface area contributed by atoms with Crippen molar-refractivity contribution in [1.29, 1.82) is 0 Å². The summed E-state index contributed by atoms with van der Waals surface area (Å²) in [7, 11) is 0. The Bertz CT molecular complexity index is 656. The first-order valence-electron chi connectivity index (χ1n) is 9.66. The van der Waals surface area contributed by atoms with Crippen LogP contribution in [0.25, 0.3) is 0 Å². The van der Waals surface area contributed by atoms with E-state index in [0.29, 0.717) is 12.2 Å². The van der Waals surface area contributed by atoms with Gasteiger partial charge in [-0.1, -0.05) is 12.1 Å². The van der Waals surface area contributed by atoms with Crippen molar-refractivity contribution in [1.82, 2.24) is 0 Å². The quantitative estimate of drug-likeness (QED) is 0.221. The summed E-state index contributed by atoms with van der Waals surface area (Å²) in [6, 6.07) is 6.69. The number of rotatable bonds is 8. The van der Waals surface area contributed by atoms with E-state index in [1.54, 1.807) is 24.3 Å². The molecule has 1 aromatic carbocycles. The Morgan fingerprint density at radius 1 is 0.733 bits per heavy atom. The van der Waals surface area contributed by atoms with E-state index in [9.17, 15) is 25.5 Å². The molecule has 0 aliphatic carbocycles. The van der Waals surface area contributed by atoms with Gasteiger partial charge in [0.15, 0.2) is 6.29 Å². The predicted molar refractivity (Wildman–Crippen MR) is 98.3 cm³/mol. The number of hydrogen-bond acceptors (Lipinski definition) is 11. The first-order valence-corrected chi connectivity index (χ1v) is 9.66. The fraction of sp³-hybridized carbons (Fsp3) is 0.684. The van der Waals surface area contributed by atoms with Gasteiger partial charge in [0.05, 0.1) is 13.2 Å². The van der Waals surface area contributed by atoms with Crippen LogP contribution in [0.3, 0.4) is 0 Å². The standard InChI is InChI=1S/C19H28O11/c20-6-5-9-1-3-10(4-2-9)28-19-17(26)15(24)14(23)12(30-19)8-27-18-16(25)13(22)11(7-21)29-18/h1-4,11-26H,5-8H2/t11-,12-,13+,14-,15+,16-,17-,18-,19-/m1/s1. The zero-order chi connectivity index (χ0) is 21.8. The van der Waals surface area contributed by atoms with Crippen LogP contribution in [-0.4, -0.2) is 111 Å². The lowest BCUT2D eigenvalue weighted by atomic mass is 9.99. The average Bonchev–Trinajstić information content (AvgIpc) is 3.02. The highest BCUT2D eigenvalue weighted by molar-refractivity contribution is 5.27. The topological polar surface area (TPSA) is 179 Å². The molecule has 0 spiro atoms. The molecule has 7 N–H and O–H groups in total. The van der Waals surface area contributed by atoms with Crippen molar-refractivity contribution in [3.63, 3.8) is 0 Å². The van der Waals surface area contributed by atoms with Gasteiger partial charge in [-0.05, 0) is 24.1 Å². The highest BCUT2D eigenvalue weighted by Crippen LogP contribution is 2.27. The second-order valence-corrected chi connectivity index (χ2v) is 7.29. The number of aliphatic hydroxyl groups excluding tert-OH is 7. The Labute approximate surface area is 172 Å². The van der Waals surface area contributed by atoms with Crippen LogP contribution in [0.5, 0.6) is 5.75 Å². The van der Waals surface area contributed by atoms with Crippen molar-refractivity contribution in [2.24, 2.45) is 0 Å². The third-order valence-corrected chi connectivity index (χ3v) is 5.17. The molecule has 30 heavy (non-hydrogen) atoms. The number of benzene rings is 1. The number of ether oxygens (including phenoxy) is 4. The van der Waals surface area contributed by atoms with Gasteiger partial charge in [-0.3, -0.25) is 0 Å². The van der Waals surface area contributed by atoms with E-state index in [2.05, 4.69) is 0 Å². The van der Waals surface area contributed by atoms with Gasteiger partial charge >= 0.3 is 0 Å². The molecule has 2 saturated heterocycles. The molecule has 0 unspecified atom stereocenters. The van der Waals surface area contributed by atoms with Crippen molar-refractivity contribution in [3.05, 3.63) is 29.8 Å². The van der Waals surface area contributed by atoms with E-state index in [-0.39, 0.29) is 13.2 Å². The van der Waals surface area contributed by atoms with Gasteiger partial charge in [-0.25, -0.2) is 0 Å². The molecule has 170 valence electrons. The van der Waals surface area contributed by atoms with Gasteiger partial charge < -0.3 is 54.7 Å². The second-order valence-electron chi connectivity index (χ2n) is 7.29. The third-order valence-electron chi connectivity index (χ3n) is 5.17. The van der Waals surface area contributed by atoms with Crippen LogP contribution in [-0.2, 0) is 20.6 Å². The molecule has 2 fully saturated rings. The lowest BCUT2D eigenvalue weighted by Crippen LogP contribution is -2.60. The fourth-order valence-corrected chi connectivity index (χ4v) is 3.34. The van der Waals surface area contributed by atoms with Crippen molar-refractivity contribution >= 4 is 0 Å². The first-order chi connectivity index (χ1) is 14.3. The summed E-state index contributed by atoms with van der Waals surface area (Å²) in [5.41, 5.74) is 0.884. The van der Waals surface area contributed by atoms with Gasteiger partial charge in [0, 0.05) is 6.61 Å². The Hall–Kier alpha value is -1.38. The molecule has 9 atom stereocenters. The molecule has 0 saturated carbocycles. The van der Waals surface area contributed by atoms with Crippen LogP contribution in [0.15, 0.2) is 24.3 Å². The third kappa shape index (κ3) is 5.08. The molecule has 0 bridgehead atoms. The van der Waals surface area contributed by atoms with Crippen LogP contribution in [0, 0.1) is 0 Å². The monoisotopic (exact) mass is 432 g/mol. The van der Waals surface area contributed by atoms with Crippen LogP contribution < -0.4 is 4.74 Å². The Kier molecular flexibility index (Phi) is 7.98. The predicted octanol–water partition coefficient (Wildman–Crippen LogP) is -3.14. The van der Waals surface area contributed by atoms with E-state index in [4.69, 9.17) is 29.2 Å². The van der Waals surface area contributed by atoms with Crippen molar-refractivity contribution in [3.8, 4) is 5.75 Å². The molecule has 0 radical (unpaired) electrons. The normalized spacial score (nSPS) is 39.2. The molecule has 3 rings (SSSR count). The minimum atomic E-state index is -1.59. The van der Waals surface area contributed by atoms with Crippen LogP contribution >= 0.6 is 0 Å². The summed E-state index contributed by atoms with van der Waals surface area (Å²) in [4.78, 5) is 0. The van der Waals surface area contributed by atoms with Gasteiger partial charge in [-0.2, -0.15) is 0 Å². The molecule has 1 aromatic rings.